The maximum atomic E-state index is 2.31. The molecule has 0 saturated carbocycles. The van der Waals surface area contributed by atoms with Crippen LogP contribution in [0.15, 0.2) is 65.6 Å². The van der Waals surface area contributed by atoms with Crippen LogP contribution in [0.4, 0.5) is 0 Å². The van der Waals surface area contributed by atoms with E-state index in [1.54, 1.807) is 4.35 Å². The van der Waals surface area contributed by atoms with Crippen LogP contribution in [-0.4, -0.2) is 13.5 Å². The molecule has 0 aromatic heterocycles. The third kappa shape index (κ3) is 4.22. The van der Waals surface area contributed by atoms with Crippen LogP contribution in [-0.2, 0) is 0 Å². The van der Waals surface area contributed by atoms with Crippen molar-refractivity contribution in [1.82, 2.24) is 0 Å². The molecule has 0 amide bonds. The fraction of sp³-hybridized carbons (Fsp3) is 0.250. The third-order valence-corrected chi connectivity index (χ3v) is 11.5. The van der Waals surface area contributed by atoms with Crippen molar-refractivity contribution in [2.45, 2.75) is 29.9 Å². The molecule has 94 valence electrons. The molecule has 0 spiro atoms. The van der Waals surface area contributed by atoms with Gasteiger partial charge in [0.2, 0.25) is 0 Å². The van der Waals surface area contributed by atoms with Crippen molar-refractivity contribution in [3.05, 3.63) is 60.7 Å². The summed E-state index contributed by atoms with van der Waals surface area (Å²) in [7, 11) is 2.13. The monoisotopic (exact) mass is 318 g/mol. The SMILES string of the molecule is CCCC[As](Sc1ccccc1)c1ccccc1. The zero-order chi connectivity index (χ0) is 12.6. The molecule has 2 aromatic carbocycles. The van der Waals surface area contributed by atoms with Gasteiger partial charge in [-0.15, -0.1) is 0 Å². The van der Waals surface area contributed by atoms with Gasteiger partial charge in [0.15, 0.2) is 0 Å². The molecule has 2 rings (SSSR count). The van der Waals surface area contributed by atoms with Gasteiger partial charge in [-0.05, 0) is 0 Å². The minimum absolute atomic E-state index is 0.995. The van der Waals surface area contributed by atoms with Gasteiger partial charge in [0.05, 0.1) is 0 Å². The normalized spacial score (nSPS) is 12.3. The Morgan fingerprint density at radius 3 is 2.11 bits per heavy atom. The Labute approximate surface area is 118 Å². The van der Waals surface area contributed by atoms with Crippen molar-refractivity contribution in [1.29, 1.82) is 0 Å². The van der Waals surface area contributed by atoms with E-state index in [-0.39, 0.29) is 0 Å². The quantitative estimate of drug-likeness (QED) is 0.708. The zero-order valence-corrected chi connectivity index (χ0v) is 13.4. The van der Waals surface area contributed by atoms with E-state index >= 15 is 0 Å². The Hall–Kier alpha value is -0.652. The first-order chi connectivity index (χ1) is 8.90. The number of hydrogen-bond acceptors (Lipinski definition) is 1. The Bertz CT molecular complexity index is 441. The summed E-state index contributed by atoms with van der Waals surface area (Å²) in [5, 5.41) is 1.40. The van der Waals surface area contributed by atoms with Crippen LogP contribution < -0.4 is 4.35 Å². The van der Waals surface area contributed by atoms with E-state index in [4.69, 9.17) is 0 Å². The molecule has 0 nitrogen and oxygen atoms in total. The van der Waals surface area contributed by atoms with E-state index in [1.807, 2.05) is 0 Å². The van der Waals surface area contributed by atoms with Crippen molar-refractivity contribution in [3.63, 3.8) is 0 Å². The van der Waals surface area contributed by atoms with E-state index in [1.165, 1.54) is 22.9 Å². The van der Waals surface area contributed by atoms with E-state index in [2.05, 4.69) is 77.6 Å². The Kier molecular flexibility index (Phi) is 5.90. The number of rotatable bonds is 6. The maximum absolute atomic E-state index is 2.31. The zero-order valence-electron chi connectivity index (χ0n) is 10.8. The van der Waals surface area contributed by atoms with Crippen LogP contribution in [0, 0.1) is 0 Å². The first kappa shape index (κ1) is 13.8. The van der Waals surface area contributed by atoms with Gasteiger partial charge in [0.25, 0.3) is 0 Å². The van der Waals surface area contributed by atoms with Gasteiger partial charge < -0.3 is 0 Å². The predicted octanol–water partition coefficient (Wildman–Crippen LogP) is 4.48. The van der Waals surface area contributed by atoms with Gasteiger partial charge in [-0.2, -0.15) is 0 Å². The first-order valence-electron chi connectivity index (χ1n) is 6.46. The second-order valence-electron chi connectivity index (χ2n) is 4.20. The van der Waals surface area contributed by atoms with Gasteiger partial charge in [-0.25, -0.2) is 0 Å². The second-order valence-corrected chi connectivity index (χ2v) is 11.9. The molecule has 1 unspecified atom stereocenters. The van der Waals surface area contributed by atoms with Crippen molar-refractivity contribution in [3.8, 4) is 0 Å². The fourth-order valence-corrected chi connectivity index (χ4v) is 10.2. The second kappa shape index (κ2) is 7.71. The molecule has 2 heteroatoms. The van der Waals surface area contributed by atoms with Gasteiger partial charge in [-0.3, -0.25) is 0 Å². The van der Waals surface area contributed by atoms with Crippen molar-refractivity contribution in [2.24, 2.45) is 0 Å². The van der Waals surface area contributed by atoms with E-state index in [0.717, 1.165) is 0 Å². The van der Waals surface area contributed by atoms with Gasteiger partial charge in [0.1, 0.15) is 0 Å². The van der Waals surface area contributed by atoms with Crippen LogP contribution >= 0.6 is 10.0 Å². The Balaban J connectivity index is 2.10. The van der Waals surface area contributed by atoms with Crippen LogP contribution in [0.5, 0.6) is 0 Å². The minimum atomic E-state index is -0.995. The summed E-state index contributed by atoms with van der Waals surface area (Å²) in [4.78, 5) is 1.43. The average Bonchev–Trinajstić information content (AvgIpc) is 2.45. The molecule has 0 aliphatic carbocycles. The number of hydrogen-bond donors (Lipinski definition) is 0. The van der Waals surface area contributed by atoms with Crippen LogP contribution in [0.3, 0.4) is 0 Å². The molecule has 2 aromatic rings. The Morgan fingerprint density at radius 1 is 0.889 bits per heavy atom. The van der Waals surface area contributed by atoms with Crippen LogP contribution in [0.1, 0.15) is 19.8 Å². The first-order valence-corrected chi connectivity index (χ1v) is 11.8. The average molecular weight is 318 g/mol. The van der Waals surface area contributed by atoms with Gasteiger partial charge in [0, 0.05) is 0 Å². The summed E-state index contributed by atoms with van der Waals surface area (Å²) in [6.07, 6.45) is 2.65. The predicted molar refractivity (Wildman–Crippen MR) is 83.8 cm³/mol. The summed E-state index contributed by atoms with van der Waals surface area (Å²) < 4.78 is 1.59. The van der Waals surface area contributed by atoms with Crippen LogP contribution in [0.25, 0.3) is 0 Å². The molecule has 0 bridgehead atoms. The summed E-state index contributed by atoms with van der Waals surface area (Å²) in [6, 6.07) is 21.9. The van der Waals surface area contributed by atoms with E-state index in [9.17, 15) is 0 Å². The van der Waals surface area contributed by atoms with Gasteiger partial charge in [-0.1, -0.05) is 0 Å². The molecule has 0 N–H and O–H groups in total. The summed E-state index contributed by atoms with van der Waals surface area (Å²) in [5.74, 6) is 0. The molecule has 18 heavy (non-hydrogen) atoms. The van der Waals surface area contributed by atoms with E-state index in [0.29, 0.717) is 0 Å². The number of unbranched alkanes of at least 4 members (excludes halogenated alkanes) is 1. The molecule has 0 aliphatic rings. The molecule has 0 heterocycles. The summed E-state index contributed by atoms with van der Waals surface area (Å²) in [6.45, 7) is 2.28. The topological polar surface area (TPSA) is 0 Å². The molecular weight excluding hydrogens is 299 g/mol. The molecule has 0 aliphatic heterocycles. The fourth-order valence-electron chi connectivity index (χ4n) is 1.73. The van der Waals surface area contributed by atoms with Crippen molar-refractivity contribution >= 4 is 27.9 Å². The number of benzene rings is 2. The third-order valence-electron chi connectivity index (χ3n) is 2.72. The summed E-state index contributed by atoms with van der Waals surface area (Å²) in [5.41, 5.74) is 0. The molecule has 1 atom stereocenters. The molecule has 0 fully saturated rings. The molecular formula is C16H19AsS. The molecule has 0 saturated heterocycles. The van der Waals surface area contributed by atoms with Crippen molar-refractivity contribution in [2.75, 3.05) is 0 Å². The van der Waals surface area contributed by atoms with Crippen LogP contribution in [0.2, 0.25) is 5.21 Å². The van der Waals surface area contributed by atoms with Crippen molar-refractivity contribution < 1.29 is 0 Å². The van der Waals surface area contributed by atoms with E-state index < -0.39 is 13.5 Å². The summed E-state index contributed by atoms with van der Waals surface area (Å²) >= 11 is -0.995. The van der Waals surface area contributed by atoms with Gasteiger partial charge >= 0.3 is 118 Å². The molecule has 0 radical (unpaired) electrons. The Morgan fingerprint density at radius 2 is 1.50 bits per heavy atom. The standard InChI is InChI=1S/C16H19AsS/c1-2-3-14-17(15-10-6-4-7-11-15)18-16-12-8-5-9-13-16/h4-13H,2-3,14H2,1H3.